The Hall–Kier alpha value is -2.33. The molecule has 0 aliphatic carbocycles. The van der Waals surface area contributed by atoms with Crippen molar-refractivity contribution in [2.75, 3.05) is 0 Å². The summed E-state index contributed by atoms with van der Waals surface area (Å²) in [5, 5.41) is 11.0. The van der Waals surface area contributed by atoms with E-state index in [-0.39, 0.29) is 10.6 Å². The molecule has 3 aromatic rings. The number of hydrogen-bond donors (Lipinski definition) is 1. The average Bonchev–Trinajstić information content (AvgIpc) is 2.48. The zero-order chi connectivity index (χ0) is 15.9. The van der Waals surface area contributed by atoms with Crippen LogP contribution in [-0.2, 0) is 9.84 Å². The molecule has 0 amide bonds. The van der Waals surface area contributed by atoms with Crippen LogP contribution in [0.2, 0.25) is 0 Å². The molecule has 3 nitrogen and oxygen atoms in total. The number of benzene rings is 3. The molecule has 3 aromatic carbocycles. The monoisotopic (exact) mass is 312 g/mol. The van der Waals surface area contributed by atoms with Crippen LogP contribution in [0.5, 0.6) is 5.75 Å². The van der Waals surface area contributed by atoms with Crippen LogP contribution < -0.4 is 0 Å². The van der Waals surface area contributed by atoms with Crippen molar-refractivity contribution < 1.29 is 13.5 Å². The number of hydrogen-bond acceptors (Lipinski definition) is 3. The predicted molar refractivity (Wildman–Crippen MR) is 87.0 cm³/mol. The third-order valence-electron chi connectivity index (χ3n) is 3.93. The van der Waals surface area contributed by atoms with Gasteiger partial charge in [-0.2, -0.15) is 0 Å². The minimum absolute atomic E-state index is 0.0461. The van der Waals surface area contributed by atoms with Crippen LogP contribution in [0.3, 0.4) is 0 Å². The summed E-state index contributed by atoms with van der Waals surface area (Å²) in [5.74, 6) is 0.0461. The summed E-state index contributed by atoms with van der Waals surface area (Å²) in [6.45, 7) is 3.74. The maximum Gasteiger partial charge on any atom is 0.207 e. The first kappa shape index (κ1) is 14.6. The second-order valence-electron chi connectivity index (χ2n) is 5.37. The lowest BCUT2D eigenvalue weighted by molar-refractivity contribution is 0.475. The second-order valence-corrected chi connectivity index (χ2v) is 7.25. The molecule has 0 aliphatic rings. The molecule has 0 aliphatic heterocycles. The standard InChI is InChI=1S/C18H16O3S/c1-12-11-14-5-3-4-6-17(14)18(13(12)2)22(20,21)16-9-7-15(19)8-10-16/h3-11,19H,1-2H3. The zero-order valence-electron chi connectivity index (χ0n) is 12.4. The van der Waals surface area contributed by atoms with Crippen molar-refractivity contribution in [2.45, 2.75) is 23.6 Å². The molecular weight excluding hydrogens is 296 g/mol. The van der Waals surface area contributed by atoms with Gasteiger partial charge in [0.1, 0.15) is 5.75 Å². The van der Waals surface area contributed by atoms with Gasteiger partial charge >= 0.3 is 0 Å². The smallest absolute Gasteiger partial charge is 0.207 e. The lowest BCUT2D eigenvalue weighted by Gasteiger charge is -2.14. The Bertz CT molecular complexity index is 956. The Labute approximate surface area is 129 Å². The lowest BCUT2D eigenvalue weighted by atomic mass is 10.0. The summed E-state index contributed by atoms with van der Waals surface area (Å²) < 4.78 is 26.1. The molecule has 1 N–H and O–H groups in total. The molecule has 0 fully saturated rings. The first-order chi connectivity index (χ1) is 10.4. The molecule has 0 heterocycles. The van der Waals surface area contributed by atoms with Gasteiger partial charge in [-0.25, -0.2) is 8.42 Å². The highest BCUT2D eigenvalue weighted by Crippen LogP contribution is 2.33. The van der Waals surface area contributed by atoms with Gasteiger partial charge in [-0.1, -0.05) is 30.3 Å². The van der Waals surface area contributed by atoms with Gasteiger partial charge < -0.3 is 5.11 Å². The van der Waals surface area contributed by atoms with Gasteiger partial charge in [-0.05, 0) is 54.6 Å². The van der Waals surface area contributed by atoms with Gasteiger partial charge in [-0.15, -0.1) is 0 Å². The number of phenolic OH excluding ortho intramolecular Hbond substituents is 1. The first-order valence-electron chi connectivity index (χ1n) is 6.94. The molecule has 0 saturated carbocycles. The molecule has 22 heavy (non-hydrogen) atoms. The average molecular weight is 312 g/mol. The van der Waals surface area contributed by atoms with Crippen LogP contribution in [0.1, 0.15) is 11.1 Å². The Balaban J connectivity index is 2.38. The maximum atomic E-state index is 13.1. The van der Waals surface area contributed by atoms with Crippen LogP contribution in [0.15, 0.2) is 64.4 Å². The van der Waals surface area contributed by atoms with E-state index >= 15 is 0 Å². The molecule has 4 heteroatoms. The Morgan fingerprint density at radius 3 is 2.23 bits per heavy atom. The molecule has 112 valence electrons. The normalized spacial score (nSPS) is 11.7. The molecule has 0 atom stereocenters. The van der Waals surface area contributed by atoms with Crippen LogP contribution in [0, 0.1) is 13.8 Å². The number of fused-ring (bicyclic) bond motifs is 1. The number of sulfone groups is 1. The van der Waals surface area contributed by atoms with Gasteiger partial charge in [0.2, 0.25) is 9.84 Å². The third kappa shape index (κ3) is 2.25. The van der Waals surface area contributed by atoms with E-state index in [0.717, 1.165) is 21.9 Å². The van der Waals surface area contributed by atoms with E-state index in [1.54, 1.807) is 0 Å². The summed E-state index contributed by atoms with van der Waals surface area (Å²) in [6, 6.07) is 15.1. The van der Waals surface area contributed by atoms with Crippen molar-refractivity contribution >= 4 is 20.6 Å². The zero-order valence-corrected chi connectivity index (χ0v) is 13.2. The van der Waals surface area contributed by atoms with Crippen molar-refractivity contribution in [3.63, 3.8) is 0 Å². The second kappa shape index (κ2) is 5.14. The summed E-state index contributed by atoms with van der Waals surface area (Å²) >= 11 is 0. The Morgan fingerprint density at radius 1 is 0.909 bits per heavy atom. The Morgan fingerprint density at radius 2 is 1.55 bits per heavy atom. The molecule has 0 spiro atoms. The highest BCUT2D eigenvalue weighted by atomic mass is 32.2. The fourth-order valence-electron chi connectivity index (χ4n) is 2.64. The third-order valence-corrected chi connectivity index (χ3v) is 5.88. The molecule has 0 radical (unpaired) electrons. The number of rotatable bonds is 2. The number of aromatic hydroxyl groups is 1. The van der Waals surface area contributed by atoms with E-state index in [9.17, 15) is 13.5 Å². The molecule has 0 bridgehead atoms. The Kier molecular flexibility index (Phi) is 3.41. The molecule has 3 rings (SSSR count). The quantitative estimate of drug-likeness (QED) is 0.778. The minimum atomic E-state index is -3.65. The van der Waals surface area contributed by atoms with Crippen LogP contribution in [0.4, 0.5) is 0 Å². The van der Waals surface area contributed by atoms with Crippen molar-refractivity contribution in [1.82, 2.24) is 0 Å². The first-order valence-corrected chi connectivity index (χ1v) is 8.42. The van der Waals surface area contributed by atoms with Crippen molar-refractivity contribution in [2.24, 2.45) is 0 Å². The highest BCUT2D eigenvalue weighted by Gasteiger charge is 2.23. The van der Waals surface area contributed by atoms with E-state index in [0.29, 0.717) is 4.90 Å². The van der Waals surface area contributed by atoms with E-state index in [1.165, 1.54) is 24.3 Å². The minimum Gasteiger partial charge on any atom is -0.508 e. The van der Waals surface area contributed by atoms with E-state index in [1.807, 2.05) is 44.2 Å². The predicted octanol–water partition coefficient (Wildman–Crippen LogP) is 4.00. The summed E-state index contributed by atoms with van der Waals surface area (Å²) in [6.07, 6.45) is 0. The maximum absolute atomic E-state index is 13.1. The molecule has 0 unspecified atom stereocenters. The largest absolute Gasteiger partial charge is 0.508 e. The topological polar surface area (TPSA) is 54.4 Å². The molecular formula is C18H16O3S. The van der Waals surface area contributed by atoms with E-state index in [2.05, 4.69) is 0 Å². The van der Waals surface area contributed by atoms with Gasteiger partial charge in [0, 0.05) is 5.39 Å². The van der Waals surface area contributed by atoms with Gasteiger partial charge in [-0.3, -0.25) is 0 Å². The van der Waals surface area contributed by atoms with E-state index < -0.39 is 9.84 Å². The SMILES string of the molecule is Cc1cc2ccccc2c(S(=O)(=O)c2ccc(O)cc2)c1C. The number of aryl methyl sites for hydroxylation is 1. The van der Waals surface area contributed by atoms with E-state index in [4.69, 9.17) is 0 Å². The fraction of sp³-hybridized carbons (Fsp3) is 0.111. The summed E-state index contributed by atoms with van der Waals surface area (Å²) in [4.78, 5) is 0.526. The van der Waals surface area contributed by atoms with Gasteiger partial charge in [0.05, 0.1) is 9.79 Å². The number of phenols is 1. The highest BCUT2D eigenvalue weighted by molar-refractivity contribution is 7.91. The van der Waals surface area contributed by atoms with Gasteiger partial charge in [0.25, 0.3) is 0 Å². The van der Waals surface area contributed by atoms with Crippen molar-refractivity contribution in [3.8, 4) is 5.75 Å². The van der Waals surface area contributed by atoms with Gasteiger partial charge in [0.15, 0.2) is 0 Å². The van der Waals surface area contributed by atoms with Crippen LogP contribution in [0.25, 0.3) is 10.8 Å². The molecule has 0 aromatic heterocycles. The lowest BCUT2D eigenvalue weighted by Crippen LogP contribution is -2.06. The van der Waals surface area contributed by atoms with Crippen LogP contribution >= 0.6 is 0 Å². The fourth-order valence-corrected chi connectivity index (χ4v) is 4.41. The molecule has 0 saturated heterocycles. The van der Waals surface area contributed by atoms with Crippen molar-refractivity contribution in [1.29, 1.82) is 0 Å². The van der Waals surface area contributed by atoms with Crippen molar-refractivity contribution in [3.05, 3.63) is 65.7 Å². The van der Waals surface area contributed by atoms with Crippen LogP contribution in [-0.4, -0.2) is 13.5 Å². The summed E-state index contributed by atoms with van der Waals surface area (Å²) in [5.41, 5.74) is 1.70. The summed E-state index contributed by atoms with van der Waals surface area (Å²) in [7, 11) is -3.65.